The van der Waals surface area contributed by atoms with E-state index in [1.165, 1.54) is 11.8 Å². The van der Waals surface area contributed by atoms with Crippen LogP contribution in [0.1, 0.15) is 25.7 Å². The Balaban J connectivity index is 1.93. The predicted octanol–water partition coefficient (Wildman–Crippen LogP) is -0.402. The van der Waals surface area contributed by atoms with Crippen LogP contribution >= 0.6 is 11.8 Å². The summed E-state index contributed by atoms with van der Waals surface area (Å²) in [5.41, 5.74) is 0. The van der Waals surface area contributed by atoms with E-state index in [0.717, 1.165) is 17.5 Å². The molecule has 0 aliphatic carbocycles. The Morgan fingerprint density at radius 3 is 2.09 bits per heavy atom. The predicted molar refractivity (Wildman–Crippen MR) is 120 cm³/mol. The van der Waals surface area contributed by atoms with Crippen LogP contribution in [0.15, 0.2) is 0 Å². The largest absolute Gasteiger partial charge is 0.379 e. The van der Waals surface area contributed by atoms with E-state index < -0.39 is 5.25 Å². The molecule has 1 fully saturated rings. The van der Waals surface area contributed by atoms with E-state index in [0.29, 0.717) is 78.0 Å². The van der Waals surface area contributed by atoms with Gasteiger partial charge in [0.15, 0.2) is 0 Å². The van der Waals surface area contributed by atoms with Gasteiger partial charge in [-0.1, -0.05) is 0 Å². The number of aldehydes is 2. The molecule has 11 nitrogen and oxygen atoms in total. The van der Waals surface area contributed by atoms with Crippen molar-refractivity contribution in [2.45, 2.75) is 30.9 Å². The zero-order valence-electron chi connectivity index (χ0n) is 18.9. The Morgan fingerprint density at radius 2 is 1.48 bits per heavy atom. The second-order valence-corrected chi connectivity index (χ2v) is 8.22. The van der Waals surface area contributed by atoms with Crippen LogP contribution in [0.3, 0.4) is 0 Å². The van der Waals surface area contributed by atoms with E-state index in [-0.39, 0.29) is 37.1 Å². The third-order valence-electron chi connectivity index (χ3n) is 4.38. The number of ether oxygens (including phenoxy) is 4. The Labute approximate surface area is 198 Å². The van der Waals surface area contributed by atoms with Gasteiger partial charge in [0.1, 0.15) is 12.6 Å². The molecule has 3 amide bonds. The Morgan fingerprint density at radius 1 is 0.909 bits per heavy atom. The van der Waals surface area contributed by atoms with Gasteiger partial charge in [-0.05, 0) is 0 Å². The first-order chi connectivity index (χ1) is 16.1. The van der Waals surface area contributed by atoms with Crippen LogP contribution in [0.2, 0.25) is 0 Å². The Bertz CT molecular complexity index is 606. The number of hydrogen-bond acceptors (Lipinski definition) is 10. The smallest absolute Gasteiger partial charge is 0.242 e. The highest BCUT2D eigenvalue weighted by molar-refractivity contribution is 8.00. The molecule has 1 rings (SSSR count). The summed E-state index contributed by atoms with van der Waals surface area (Å²) in [6, 6.07) is 0. The van der Waals surface area contributed by atoms with Crippen LogP contribution in [0, 0.1) is 0 Å². The molecule has 0 aromatic carbocycles. The maximum absolute atomic E-state index is 12.2. The highest BCUT2D eigenvalue weighted by Gasteiger charge is 2.38. The van der Waals surface area contributed by atoms with E-state index in [2.05, 4.69) is 5.32 Å². The van der Waals surface area contributed by atoms with Gasteiger partial charge in [-0.25, -0.2) is 0 Å². The fourth-order valence-electron chi connectivity index (χ4n) is 2.73. The molecule has 1 unspecified atom stereocenters. The van der Waals surface area contributed by atoms with Crippen molar-refractivity contribution in [3.63, 3.8) is 0 Å². The summed E-state index contributed by atoms with van der Waals surface area (Å²) in [5, 5.41) is 2.22. The normalized spacial score (nSPS) is 15.8. The van der Waals surface area contributed by atoms with E-state index >= 15 is 0 Å². The fraction of sp³-hybridized carbons (Fsp3) is 0.762. The molecule has 1 heterocycles. The van der Waals surface area contributed by atoms with Crippen LogP contribution in [-0.2, 0) is 42.9 Å². The summed E-state index contributed by atoms with van der Waals surface area (Å²) in [6.07, 6.45) is 2.47. The first-order valence-electron chi connectivity index (χ1n) is 11.0. The fourth-order valence-corrected chi connectivity index (χ4v) is 3.78. The molecule has 0 bridgehead atoms. The summed E-state index contributed by atoms with van der Waals surface area (Å²) >= 11 is 1.30. The minimum Gasteiger partial charge on any atom is -0.379 e. The van der Waals surface area contributed by atoms with Gasteiger partial charge in [-0.2, -0.15) is 0 Å². The van der Waals surface area contributed by atoms with Crippen LogP contribution in [0.5, 0.6) is 0 Å². The van der Waals surface area contributed by atoms with E-state index in [1.807, 2.05) is 0 Å². The molecule has 1 aliphatic rings. The molecule has 1 atom stereocenters. The van der Waals surface area contributed by atoms with Crippen LogP contribution in [-0.4, -0.2) is 112 Å². The molecule has 0 spiro atoms. The lowest BCUT2D eigenvalue weighted by atomic mass is 10.3. The van der Waals surface area contributed by atoms with Crippen molar-refractivity contribution in [1.82, 2.24) is 10.2 Å². The van der Waals surface area contributed by atoms with Crippen molar-refractivity contribution in [3.05, 3.63) is 0 Å². The van der Waals surface area contributed by atoms with Gasteiger partial charge in [-0.3, -0.25) is 19.3 Å². The lowest BCUT2D eigenvalue weighted by Gasteiger charge is -2.14. The van der Waals surface area contributed by atoms with E-state index in [1.54, 1.807) is 0 Å². The monoisotopic (exact) mass is 490 g/mol. The number of carbonyl (C=O) groups excluding carboxylic acids is 5. The van der Waals surface area contributed by atoms with Crippen molar-refractivity contribution < 1.29 is 42.9 Å². The summed E-state index contributed by atoms with van der Waals surface area (Å²) in [4.78, 5) is 57.7. The maximum Gasteiger partial charge on any atom is 0.242 e. The standard InChI is InChI=1S/C21H34N2O9S/c24-6-1-8-29-10-12-31-14-15-32-13-11-30-9-4-22-19(26)3-5-23-20(27)17-18(21(23)28)33-16-2-7-25/h6-7,18H,1-5,8-17H2,(H,22,26). The minimum atomic E-state index is -0.462. The molecule has 0 saturated carbocycles. The molecule has 33 heavy (non-hydrogen) atoms. The van der Waals surface area contributed by atoms with Crippen LogP contribution in [0.25, 0.3) is 0 Å². The van der Waals surface area contributed by atoms with Gasteiger partial charge < -0.3 is 33.9 Å². The quantitative estimate of drug-likeness (QED) is 0.121. The van der Waals surface area contributed by atoms with Gasteiger partial charge in [0, 0.05) is 44.5 Å². The highest BCUT2D eigenvalue weighted by atomic mass is 32.2. The number of likely N-dealkylation sites (tertiary alicyclic amines) is 1. The van der Waals surface area contributed by atoms with Crippen LogP contribution in [0.4, 0.5) is 0 Å². The Kier molecular flexibility index (Phi) is 17.3. The molecule has 1 aliphatic heterocycles. The molecule has 188 valence electrons. The number of nitrogens with one attached hydrogen (secondary N) is 1. The van der Waals surface area contributed by atoms with E-state index in [4.69, 9.17) is 18.9 Å². The van der Waals surface area contributed by atoms with Crippen molar-refractivity contribution in [2.75, 3.05) is 71.7 Å². The molecule has 1 saturated heterocycles. The lowest BCUT2D eigenvalue weighted by molar-refractivity contribution is -0.138. The summed E-state index contributed by atoms with van der Waals surface area (Å²) in [7, 11) is 0. The van der Waals surface area contributed by atoms with Crippen molar-refractivity contribution in [3.8, 4) is 0 Å². The van der Waals surface area contributed by atoms with E-state index in [9.17, 15) is 24.0 Å². The average molecular weight is 491 g/mol. The number of amides is 3. The number of nitrogens with zero attached hydrogens (tertiary/aromatic N) is 1. The topological polar surface area (TPSA) is 138 Å². The third kappa shape index (κ3) is 14.1. The first kappa shape index (κ1) is 29.2. The average Bonchev–Trinajstić information content (AvgIpc) is 3.07. The molecule has 12 heteroatoms. The number of rotatable bonds is 22. The van der Waals surface area contributed by atoms with Gasteiger partial charge in [0.25, 0.3) is 0 Å². The van der Waals surface area contributed by atoms with Gasteiger partial charge in [0.05, 0.1) is 58.1 Å². The summed E-state index contributed by atoms with van der Waals surface area (Å²) in [6.45, 7) is 3.63. The highest BCUT2D eigenvalue weighted by Crippen LogP contribution is 2.25. The maximum atomic E-state index is 12.2. The van der Waals surface area contributed by atoms with Crippen molar-refractivity contribution >= 4 is 42.1 Å². The molecular formula is C21H34N2O9S. The number of hydrogen-bond donors (Lipinski definition) is 1. The number of carbonyl (C=O) groups is 5. The van der Waals surface area contributed by atoms with Gasteiger partial charge >= 0.3 is 0 Å². The Hall–Kier alpha value is -1.86. The summed E-state index contributed by atoms with van der Waals surface area (Å²) < 4.78 is 21.2. The second kappa shape index (κ2) is 19.6. The summed E-state index contributed by atoms with van der Waals surface area (Å²) in [5.74, 6) is -0.340. The zero-order valence-corrected chi connectivity index (χ0v) is 19.7. The number of thioether (sulfide) groups is 1. The molecular weight excluding hydrogens is 456 g/mol. The number of imide groups is 1. The zero-order chi connectivity index (χ0) is 24.2. The van der Waals surface area contributed by atoms with Crippen molar-refractivity contribution in [2.24, 2.45) is 0 Å². The first-order valence-corrected chi connectivity index (χ1v) is 12.1. The van der Waals surface area contributed by atoms with Crippen LogP contribution < -0.4 is 5.32 Å². The third-order valence-corrected chi connectivity index (χ3v) is 5.63. The lowest BCUT2D eigenvalue weighted by Crippen LogP contribution is -2.36. The van der Waals surface area contributed by atoms with Gasteiger partial charge in [0.2, 0.25) is 17.7 Å². The molecule has 0 aromatic rings. The molecule has 0 aromatic heterocycles. The minimum absolute atomic E-state index is 0.0362. The molecule has 1 N–H and O–H groups in total. The van der Waals surface area contributed by atoms with Crippen molar-refractivity contribution in [1.29, 1.82) is 0 Å². The second-order valence-electron chi connectivity index (χ2n) is 6.91. The molecule has 0 radical (unpaired) electrons. The van der Waals surface area contributed by atoms with Gasteiger partial charge in [-0.15, -0.1) is 11.8 Å². The SMILES string of the molecule is O=CCCOCCOCCOCCOCCNC(=O)CCN1C(=O)CC(SCCC=O)C1=O.